The Bertz CT molecular complexity index is 312. The van der Waals surface area contributed by atoms with E-state index >= 15 is 0 Å². The van der Waals surface area contributed by atoms with E-state index in [-0.39, 0.29) is 6.04 Å². The average molecular weight is 280 g/mol. The molecule has 1 saturated heterocycles. The van der Waals surface area contributed by atoms with E-state index in [0.717, 1.165) is 25.8 Å². The summed E-state index contributed by atoms with van der Waals surface area (Å²) < 4.78 is 0. The van der Waals surface area contributed by atoms with Crippen molar-refractivity contribution in [1.29, 1.82) is 0 Å². The first kappa shape index (κ1) is 15.8. The molecule has 3 unspecified atom stereocenters. The first-order valence-electron chi connectivity index (χ1n) is 8.73. The zero-order valence-electron chi connectivity index (χ0n) is 13.5. The second kappa shape index (κ2) is 7.44. The Morgan fingerprint density at radius 3 is 2.60 bits per heavy atom. The predicted molar refractivity (Wildman–Crippen MR) is 83.4 cm³/mol. The molecule has 1 saturated carbocycles. The molecule has 1 aliphatic carbocycles. The van der Waals surface area contributed by atoms with Gasteiger partial charge in [-0.3, -0.25) is 10.1 Å². The molecule has 2 aliphatic rings. The molecule has 2 rings (SSSR count). The number of nitrogens with zero attached hydrogens (tertiary/aromatic N) is 1. The summed E-state index contributed by atoms with van der Waals surface area (Å²) in [7, 11) is 0. The van der Waals surface area contributed by atoms with E-state index in [1.165, 1.54) is 32.1 Å². The number of amides is 1. The van der Waals surface area contributed by atoms with E-state index in [4.69, 9.17) is 0 Å². The van der Waals surface area contributed by atoms with Crippen LogP contribution in [0.1, 0.15) is 72.1 Å². The van der Waals surface area contributed by atoms with E-state index in [1.54, 1.807) is 0 Å². The van der Waals surface area contributed by atoms with Crippen molar-refractivity contribution >= 4 is 5.91 Å². The Balaban J connectivity index is 2.03. The Morgan fingerprint density at radius 1 is 1.30 bits per heavy atom. The van der Waals surface area contributed by atoms with Crippen LogP contribution in [0.2, 0.25) is 0 Å². The summed E-state index contributed by atoms with van der Waals surface area (Å²) in [6, 6.07) is 0.0876. The molecule has 20 heavy (non-hydrogen) atoms. The highest BCUT2D eigenvalue weighted by atomic mass is 16.2. The van der Waals surface area contributed by atoms with E-state index < -0.39 is 0 Å². The summed E-state index contributed by atoms with van der Waals surface area (Å²) in [5, 5.41) is 3.67. The molecule has 0 spiro atoms. The van der Waals surface area contributed by atoms with Gasteiger partial charge in [-0.1, -0.05) is 52.9 Å². The van der Waals surface area contributed by atoms with Crippen LogP contribution in [0, 0.1) is 11.8 Å². The fourth-order valence-electron chi connectivity index (χ4n) is 3.65. The first-order valence-corrected chi connectivity index (χ1v) is 8.73. The smallest absolute Gasteiger partial charge is 0.241 e. The molecule has 1 aliphatic heterocycles. The van der Waals surface area contributed by atoms with Crippen LogP contribution in [0.25, 0.3) is 0 Å². The Labute approximate surface area is 124 Å². The zero-order chi connectivity index (χ0) is 14.5. The van der Waals surface area contributed by atoms with Gasteiger partial charge in [-0.05, 0) is 31.1 Å². The highest BCUT2D eigenvalue weighted by Gasteiger charge is 2.42. The third kappa shape index (κ3) is 3.55. The predicted octanol–water partition coefficient (Wildman–Crippen LogP) is 3.54. The highest BCUT2D eigenvalue weighted by molar-refractivity contribution is 5.84. The molecule has 2 fully saturated rings. The fraction of sp³-hybridized carbons (Fsp3) is 0.941. The molecular weight excluding hydrogens is 248 g/mol. The molecule has 1 N–H and O–H groups in total. The number of hydrogen-bond acceptors (Lipinski definition) is 2. The lowest BCUT2D eigenvalue weighted by Crippen LogP contribution is -2.44. The van der Waals surface area contributed by atoms with E-state index in [2.05, 4.69) is 31.0 Å². The first-order chi connectivity index (χ1) is 9.67. The van der Waals surface area contributed by atoms with Crippen LogP contribution >= 0.6 is 0 Å². The van der Waals surface area contributed by atoms with E-state index in [1.807, 2.05) is 0 Å². The van der Waals surface area contributed by atoms with Crippen molar-refractivity contribution in [3.8, 4) is 0 Å². The number of nitrogens with one attached hydrogen (secondary N) is 1. The van der Waals surface area contributed by atoms with E-state index in [0.29, 0.717) is 23.9 Å². The number of carbonyl (C=O) groups is 1. The number of hydrogen-bond donors (Lipinski definition) is 1. The van der Waals surface area contributed by atoms with Crippen molar-refractivity contribution in [2.75, 3.05) is 6.54 Å². The lowest BCUT2D eigenvalue weighted by atomic mass is 10.0. The molecule has 0 radical (unpaired) electrons. The summed E-state index contributed by atoms with van der Waals surface area (Å²) in [5.74, 6) is 1.67. The van der Waals surface area contributed by atoms with Crippen molar-refractivity contribution in [2.45, 2.75) is 84.3 Å². The van der Waals surface area contributed by atoms with Crippen molar-refractivity contribution in [1.82, 2.24) is 10.2 Å². The lowest BCUT2D eigenvalue weighted by molar-refractivity contribution is -0.131. The second-order valence-electron chi connectivity index (χ2n) is 6.85. The second-order valence-corrected chi connectivity index (χ2v) is 6.85. The molecular formula is C17H32N2O. The van der Waals surface area contributed by atoms with Gasteiger partial charge in [0.05, 0.1) is 12.2 Å². The molecule has 116 valence electrons. The molecule has 1 heterocycles. The maximum absolute atomic E-state index is 12.7. The summed E-state index contributed by atoms with van der Waals surface area (Å²) in [6.07, 6.45) is 10.1. The normalized spacial score (nSPS) is 29.4. The number of carbonyl (C=O) groups excluding carboxylic acids is 1. The van der Waals surface area contributed by atoms with Gasteiger partial charge in [0, 0.05) is 6.54 Å². The van der Waals surface area contributed by atoms with Crippen LogP contribution in [0.4, 0.5) is 0 Å². The topological polar surface area (TPSA) is 32.3 Å². The molecule has 1 amide bonds. The molecule has 3 heteroatoms. The van der Waals surface area contributed by atoms with Gasteiger partial charge in [0.15, 0.2) is 0 Å². The minimum Gasteiger partial charge on any atom is -0.325 e. The minimum absolute atomic E-state index is 0.0876. The van der Waals surface area contributed by atoms with Crippen molar-refractivity contribution < 1.29 is 4.79 Å². The summed E-state index contributed by atoms with van der Waals surface area (Å²) >= 11 is 0. The number of rotatable bonds is 7. The van der Waals surface area contributed by atoms with Gasteiger partial charge in [0.25, 0.3) is 0 Å². The molecule has 0 aromatic carbocycles. The quantitative estimate of drug-likeness (QED) is 0.773. The van der Waals surface area contributed by atoms with Crippen LogP contribution < -0.4 is 5.32 Å². The molecule has 0 bridgehead atoms. The fourth-order valence-corrected chi connectivity index (χ4v) is 3.65. The molecule has 0 aromatic rings. The van der Waals surface area contributed by atoms with Crippen molar-refractivity contribution in [3.05, 3.63) is 0 Å². The maximum Gasteiger partial charge on any atom is 0.241 e. The Morgan fingerprint density at radius 2 is 2.00 bits per heavy atom. The summed E-state index contributed by atoms with van der Waals surface area (Å²) in [5.41, 5.74) is 0. The van der Waals surface area contributed by atoms with Crippen LogP contribution in [0.15, 0.2) is 0 Å². The third-order valence-corrected chi connectivity index (χ3v) is 5.19. The van der Waals surface area contributed by atoms with Crippen molar-refractivity contribution in [2.24, 2.45) is 11.8 Å². The van der Waals surface area contributed by atoms with Crippen LogP contribution in [0.5, 0.6) is 0 Å². The highest BCUT2D eigenvalue weighted by Crippen LogP contribution is 2.33. The zero-order valence-corrected chi connectivity index (χ0v) is 13.5. The third-order valence-electron chi connectivity index (χ3n) is 5.19. The minimum atomic E-state index is 0.0876. The maximum atomic E-state index is 12.7. The van der Waals surface area contributed by atoms with Crippen molar-refractivity contribution in [3.63, 3.8) is 0 Å². The van der Waals surface area contributed by atoms with Gasteiger partial charge in [-0.25, -0.2) is 0 Å². The van der Waals surface area contributed by atoms with Gasteiger partial charge in [0.2, 0.25) is 5.91 Å². The lowest BCUT2D eigenvalue weighted by Gasteiger charge is -2.30. The van der Waals surface area contributed by atoms with Crippen LogP contribution in [-0.2, 0) is 4.79 Å². The number of unbranched alkanes of at least 4 members (excludes halogenated alkanes) is 1. The van der Waals surface area contributed by atoms with Crippen LogP contribution in [0.3, 0.4) is 0 Å². The Hall–Kier alpha value is -0.570. The van der Waals surface area contributed by atoms with E-state index in [9.17, 15) is 4.79 Å². The monoisotopic (exact) mass is 280 g/mol. The molecule has 3 nitrogen and oxygen atoms in total. The Kier molecular flexibility index (Phi) is 5.88. The van der Waals surface area contributed by atoms with Gasteiger partial charge in [0.1, 0.15) is 0 Å². The summed E-state index contributed by atoms with van der Waals surface area (Å²) in [4.78, 5) is 14.9. The standard InChI is InChI=1S/C17H32N2O/c1-4-6-11-15-17(20)19(12-13(3)5-2)16(18-15)14-9-7-8-10-14/h13-16,18H,4-12H2,1-3H3. The summed E-state index contributed by atoms with van der Waals surface area (Å²) in [6.45, 7) is 7.62. The SMILES string of the molecule is CCCCC1NC(C2CCCC2)N(CC(C)CC)C1=O. The average Bonchev–Trinajstić information content (AvgIpc) is 3.07. The largest absolute Gasteiger partial charge is 0.325 e. The molecule has 0 aromatic heterocycles. The van der Waals surface area contributed by atoms with Gasteiger partial charge in [-0.15, -0.1) is 0 Å². The van der Waals surface area contributed by atoms with Gasteiger partial charge in [-0.2, -0.15) is 0 Å². The van der Waals surface area contributed by atoms with Gasteiger partial charge >= 0.3 is 0 Å². The van der Waals surface area contributed by atoms with Crippen LogP contribution in [-0.4, -0.2) is 29.6 Å². The van der Waals surface area contributed by atoms with Gasteiger partial charge < -0.3 is 4.90 Å². The molecule has 3 atom stereocenters.